The number of aliphatic hydroxyl groups is 1. The molecular weight excluding hydrogens is 516 g/mol. The molecule has 2 N–H and O–H groups in total. The number of urea groups is 1. The largest absolute Gasteiger partial charge is 0.487 e. The van der Waals surface area contributed by atoms with Gasteiger partial charge < -0.3 is 20.1 Å². The molecule has 0 radical (unpaired) electrons. The number of nitrogens with zero attached hydrogens (tertiary/aromatic N) is 2. The standard InChI is InChI=1S/C27H31F2N3O5S/c1-17-14-32(18(2)16-33)38(35,36)26-11-8-20(7-6-19-4-5-19)12-24(26)37-25(17)15-31(3)27(34)30-23-13-21(28)9-10-22(23)29/h8-13,17-19,25,33H,4-5,14-16H2,1-3H3,(H,30,34)/t17-,18-,25-/m1/s1. The Kier molecular flexibility index (Phi) is 8.25. The van der Waals surface area contributed by atoms with Crippen molar-refractivity contribution < 1.29 is 31.8 Å². The summed E-state index contributed by atoms with van der Waals surface area (Å²) in [7, 11) is -2.53. The molecule has 204 valence electrons. The van der Waals surface area contributed by atoms with Gasteiger partial charge in [0.2, 0.25) is 10.0 Å². The van der Waals surface area contributed by atoms with Crippen LogP contribution < -0.4 is 10.1 Å². The molecule has 0 bridgehead atoms. The molecule has 38 heavy (non-hydrogen) atoms. The summed E-state index contributed by atoms with van der Waals surface area (Å²) in [5.74, 6) is 4.78. The van der Waals surface area contributed by atoms with Crippen LogP contribution in [0.2, 0.25) is 0 Å². The van der Waals surface area contributed by atoms with E-state index in [4.69, 9.17) is 4.74 Å². The fourth-order valence-electron chi connectivity index (χ4n) is 4.09. The van der Waals surface area contributed by atoms with Gasteiger partial charge in [-0.25, -0.2) is 22.0 Å². The molecule has 0 aromatic heterocycles. The molecule has 0 unspecified atom stereocenters. The zero-order valence-electron chi connectivity index (χ0n) is 21.4. The molecule has 11 heteroatoms. The van der Waals surface area contributed by atoms with Gasteiger partial charge in [-0.05, 0) is 50.1 Å². The maximum absolute atomic E-state index is 14.0. The summed E-state index contributed by atoms with van der Waals surface area (Å²) >= 11 is 0. The van der Waals surface area contributed by atoms with Crippen LogP contribution in [-0.4, -0.2) is 67.7 Å². The molecule has 1 saturated carbocycles. The number of hydrogen-bond donors (Lipinski definition) is 2. The van der Waals surface area contributed by atoms with Crippen LogP contribution in [-0.2, 0) is 10.0 Å². The van der Waals surface area contributed by atoms with Gasteiger partial charge in [0.1, 0.15) is 28.4 Å². The maximum Gasteiger partial charge on any atom is 0.321 e. The van der Waals surface area contributed by atoms with Crippen molar-refractivity contribution in [1.29, 1.82) is 0 Å². The van der Waals surface area contributed by atoms with Crippen molar-refractivity contribution in [3.8, 4) is 17.6 Å². The van der Waals surface area contributed by atoms with E-state index in [9.17, 15) is 27.1 Å². The Balaban J connectivity index is 1.64. The van der Waals surface area contributed by atoms with Crippen molar-refractivity contribution in [2.45, 2.75) is 43.7 Å². The van der Waals surface area contributed by atoms with E-state index in [1.54, 1.807) is 26.0 Å². The highest BCUT2D eigenvalue weighted by atomic mass is 32.2. The molecular formula is C27H31F2N3O5S. The van der Waals surface area contributed by atoms with Crippen LogP contribution in [0.15, 0.2) is 41.3 Å². The van der Waals surface area contributed by atoms with Crippen molar-refractivity contribution in [2.75, 3.05) is 32.1 Å². The van der Waals surface area contributed by atoms with E-state index in [2.05, 4.69) is 17.2 Å². The van der Waals surface area contributed by atoms with Gasteiger partial charge in [-0.2, -0.15) is 4.31 Å². The Bertz CT molecular complexity index is 1370. The molecule has 4 rings (SSSR count). The van der Waals surface area contributed by atoms with Gasteiger partial charge >= 0.3 is 6.03 Å². The first-order valence-corrected chi connectivity index (χ1v) is 13.9. The van der Waals surface area contributed by atoms with Crippen LogP contribution in [0.1, 0.15) is 32.3 Å². The number of hydrogen-bond acceptors (Lipinski definition) is 5. The fraction of sp³-hybridized carbons (Fsp3) is 0.444. The number of carbonyl (C=O) groups is 1. The lowest BCUT2D eigenvalue weighted by molar-refractivity contribution is 0.0830. The third-order valence-corrected chi connectivity index (χ3v) is 8.66. The number of sulfonamides is 1. The van der Waals surface area contributed by atoms with Crippen molar-refractivity contribution in [3.63, 3.8) is 0 Å². The Hall–Kier alpha value is -3.20. The van der Waals surface area contributed by atoms with Crippen molar-refractivity contribution in [3.05, 3.63) is 53.6 Å². The molecule has 8 nitrogen and oxygen atoms in total. The second-order valence-electron chi connectivity index (χ2n) is 9.88. The highest BCUT2D eigenvalue weighted by Gasteiger charge is 2.38. The number of nitrogens with one attached hydrogen (secondary N) is 1. The van der Waals surface area contributed by atoms with Crippen molar-refractivity contribution in [2.24, 2.45) is 11.8 Å². The molecule has 1 aliphatic carbocycles. The molecule has 0 saturated heterocycles. The second kappa shape index (κ2) is 11.3. The van der Waals surface area contributed by atoms with E-state index in [-0.39, 0.29) is 36.0 Å². The number of aliphatic hydroxyl groups excluding tert-OH is 1. The van der Waals surface area contributed by atoms with Gasteiger partial charge in [0.05, 0.1) is 18.8 Å². The SMILES string of the molecule is C[C@@H]1CN([C@H](C)CO)S(=O)(=O)c2ccc(C#CC3CC3)cc2O[C@@H]1CN(C)C(=O)Nc1cc(F)ccc1F. The summed E-state index contributed by atoms with van der Waals surface area (Å²) in [5.41, 5.74) is 0.305. The number of likely N-dealkylation sites (N-methyl/N-ethyl adjacent to an activating group) is 1. The minimum atomic E-state index is -4.01. The van der Waals surface area contributed by atoms with Crippen LogP contribution in [0.25, 0.3) is 0 Å². The van der Waals surface area contributed by atoms with E-state index in [1.165, 1.54) is 22.3 Å². The number of anilines is 1. The van der Waals surface area contributed by atoms with Crippen molar-refractivity contribution >= 4 is 21.7 Å². The number of ether oxygens (including phenoxy) is 1. The quantitative estimate of drug-likeness (QED) is 0.557. The van der Waals surface area contributed by atoms with Gasteiger partial charge in [0, 0.05) is 43.1 Å². The fourth-order valence-corrected chi connectivity index (χ4v) is 5.92. The monoisotopic (exact) mass is 547 g/mol. The zero-order valence-corrected chi connectivity index (χ0v) is 22.3. The van der Waals surface area contributed by atoms with Gasteiger partial charge in [-0.15, -0.1) is 0 Å². The van der Waals surface area contributed by atoms with Crippen LogP contribution in [0.3, 0.4) is 0 Å². The highest BCUT2D eigenvalue weighted by molar-refractivity contribution is 7.89. The molecule has 3 atom stereocenters. The molecule has 1 aliphatic heterocycles. The Labute approximate surface area is 221 Å². The van der Waals surface area contributed by atoms with E-state index < -0.39 is 45.8 Å². The number of fused-ring (bicyclic) bond motifs is 1. The minimum Gasteiger partial charge on any atom is -0.487 e. The number of halogens is 2. The van der Waals surface area contributed by atoms with E-state index >= 15 is 0 Å². The first-order chi connectivity index (χ1) is 18.0. The number of carbonyl (C=O) groups excluding carboxylic acids is 1. The second-order valence-corrected chi connectivity index (χ2v) is 11.7. The molecule has 2 aliphatic rings. The molecule has 0 spiro atoms. The van der Waals surface area contributed by atoms with Crippen LogP contribution >= 0.6 is 0 Å². The minimum absolute atomic E-state index is 0.0166. The van der Waals surface area contributed by atoms with E-state index in [0.717, 1.165) is 31.0 Å². The predicted octanol–water partition coefficient (Wildman–Crippen LogP) is 3.66. The summed E-state index contributed by atoms with van der Waals surface area (Å²) < 4.78 is 62.2. The molecule has 2 aromatic carbocycles. The van der Waals surface area contributed by atoms with Gasteiger partial charge in [-0.1, -0.05) is 18.8 Å². The Morgan fingerprint density at radius 2 is 2.00 bits per heavy atom. The molecule has 2 amide bonds. The summed E-state index contributed by atoms with van der Waals surface area (Å²) in [4.78, 5) is 14.0. The lowest BCUT2D eigenvalue weighted by Gasteiger charge is -2.37. The molecule has 1 fully saturated rings. The lowest BCUT2D eigenvalue weighted by atomic mass is 10.0. The smallest absolute Gasteiger partial charge is 0.321 e. The predicted molar refractivity (Wildman–Crippen MR) is 138 cm³/mol. The van der Waals surface area contributed by atoms with E-state index in [0.29, 0.717) is 11.5 Å². The van der Waals surface area contributed by atoms with Gasteiger partial charge in [0.25, 0.3) is 0 Å². The summed E-state index contributed by atoms with van der Waals surface area (Å²) in [6.45, 7) is 3.08. The van der Waals surface area contributed by atoms with Crippen molar-refractivity contribution in [1.82, 2.24) is 9.21 Å². The summed E-state index contributed by atoms with van der Waals surface area (Å²) in [6.07, 6.45) is 1.42. The number of benzene rings is 2. The van der Waals surface area contributed by atoms with Gasteiger partial charge in [-0.3, -0.25) is 0 Å². The zero-order chi connectivity index (χ0) is 27.6. The maximum atomic E-state index is 14.0. The third kappa shape index (κ3) is 6.26. The first kappa shape index (κ1) is 27.8. The summed E-state index contributed by atoms with van der Waals surface area (Å²) in [6, 6.07) is 6.03. The molecule has 1 heterocycles. The lowest BCUT2D eigenvalue weighted by Crippen LogP contribution is -2.50. The molecule has 2 aromatic rings. The number of amides is 2. The van der Waals surface area contributed by atoms with Crippen LogP contribution in [0.5, 0.6) is 5.75 Å². The summed E-state index contributed by atoms with van der Waals surface area (Å²) in [5, 5.41) is 12.1. The Morgan fingerprint density at radius 3 is 2.68 bits per heavy atom. The average Bonchev–Trinajstić information content (AvgIpc) is 3.71. The van der Waals surface area contributed by atoms with E-state index in [1.807, 2.05) is 0 Å². The normalized spacial score (nSPS) is 21.5. The third-order valence-electron chi connectivity index (χ3n) is 6.64. The van der Waals surface area contributed by atoms with Gasteiger partial charge in [0.15, 0.2) is 0 Å². The average molecular weight is 548 g/mol. The Morgan fingerprint density at radius 1 is 1.26 bits per heavy atom. The topological polar surface area (TPSA) is 99.2 Å². The number of rotatable bonds is 5. The van der Waals surface area contributed by atoms with Crippen LogP contribution in [0.4, 0.5) is 19.3 Å². The van der Waals surface area contributed by atoms with Crippen LogP contribution in [0, 0.1) is 35.3 Å². The highest BCUT2D eigenvalue weighted by Crippen LogP contribution is 2.34. The first-order valence-electron chi connectivity index (χ1n) is 12.4.